The zero-order valence-electron chi connectivity index (χ0n) is 20.3. The second-order valence-electron chi connectivity index (χ2n) is 9.13. The number of ketones is 1. The van der Waals surface area contributed by atoms with Crippen molar-refractivity contribution in [2.75, 3.05) is 38.2 Å². The fraction of sp³-hybridized carbons (Fsp3) is 0.321. The molecule has 1 N–H and O–H groups in total. The Morgan fingerprint density at radius 3 is 2.92 bits per heavy atom. The van der Waals surface area contributed by atoms with Crippen molar-refractivity contribution in [3.63, 3.8) is 0 Å². The highest BCUT2D eigenvalue weighted by Gasteiger charge is 2.19. The lowest BCUT2D eigenvalue weighted by molar-refractivity contribution is 0.0371. The number of hydrogen-bond acceptors (Lipinski definition) is 7. The highest BCUT2D eigenvalue weighted by atomic mass is 19.1. The number of anilines is 2. The maximum absolute atomic E-state index is 14.9. The molecule has 0 bridgehead atoms. The number of carbonyl (C=O) groups is 1. The van der Waals surface area contributed by atoms with Crippen LogP contribution in [0.2, 0.25) is 0 Å². The SMILES string of the molecule is CC1=Cc2c(ccc(Oc3ccnc(Nc4cccc(C(=O)CCCN5CCOCC5)c4)n3)c2F)C1. The van der Waals surface area contributed by atoms with Gasteiger partial charge in [-0.25, -0.2) is 9.37 Å². The molecule has 7 nitrogen and oxygen atoms in total. The minimum Gasteiger partial charge on any atom is -0.436 e. The molecule has 0 radical (unpaired) electrons. The number of nitrogens with zero attached hydrogens (tertiary/aromatic N) is 3. The number of allylic oxidation sites excluding steroid dienone is 1. The quantitative estimate of drug-likeness (QED) is 0.404. The van der Waals surface area contributed by atoms with E-state index in [1.807, 2.05) is 37.3 Å². The van der Waals surface area contributed by atoms with Crippen LogP contribution in [0.15, 0.2) is 54.2 Å². The summed E-state index contributed by atoms with van der Waals surface area (Å²) in [5, 5.41) is 3.12. The summed E-state index contributed by atoms with van der Waals surface area (Å²) in [6.45, 7) is 6.24. The van der Waals surface area contributed by atoms with Crippen LogP contribution in [0, 0.1) is 5.82 Å². The van der Waals surface area contributed by atoms with Crippen molar-refractivity contribution in [1.29, 1.82) is 0 Å². The lowest BCUT2D eigenvalue weighted by atomic mass is 10.1. The number of fused-ring (bicyclic) bond motifs is 1. The Bertz CT molecular complexity index is 1290. The fourth-order valence-electron chi connectivity index (χ4n) is 4.50. The molecule has 2 aliphatic rings. The molecule has 0 saturated carbocycles. The Labute approximate surface area is 210 Å². The number of benzene rings is 2. The second kappa shape index (κ2) is 11.0. The van der Waals surface area contributed by atoms with Crippen LogP contribution >= 0.6 is 0 Å². The van der Waals surface area contributed by atoms with E-state index in [2.05, 4.69) is 20.2 Å². The maximum atomic E-state index is 14.9. The van der Waals surface area contributed by atoms with Gasteiger partial charge in [-0.1, -0.05) is 29.8 Å². The number of carbonyl (C=O) groups excluding carboxylic acids is 1. The van der Waals surface area contributed by atoms with Gasteiger partial charge in [0, 0.05) is 48.6 Å². The van der Waals surface area contributed by atoms with Crippen molar-refractivity contribution >= 4 is 23.5 Å². The fourth-order valence-corrected chi connectivity index (χ4v) is 4.50. The number of aromatic nitrogens is 2. The second-order valence-corrected chi connectivity index (χ2v) is 9.13. The van der Waals surface area contributed by atoms with Crippen molar-refractivity contribution in [3.05, 3.63) is 76.7 Å². The van der Waals surface area contributed by atoms with Gasteiger partial charge < -0.3 is 14.8 Å². The van der Waals surface area contributed by atoms with Crippen LogP contribution in [-0.2, 0) is 11.2 Å². The molecule has 1 fully saturated rings. The van der Waals surface area contributed by atoms with Gasteiger partial charge in [-0.3, -0.25) is 9.69 Å². The highest BCUT2D eigenvalue weighted by Crippen LogP contribution is 2.34. The number of rotatable bonds is 9. The summed E-state index contributed by atoms with van der Waals surface area (Å²) in [4.78, 5) is 23.6. The number of Topliss-reactive ketones (excluding diaryl/α,β-unsaturated/α-hetero) is 1. The Balaban J connectivity index is 1.21. The Morgan fingerprint density at radius 2 is 2.06 bits per heavy atom. The van der Waals surface area contributed by atoms with Crippen molar-refractivity contribution < 1.29 is 18.7 Å². The molecule has 0 spiro atoms. The van der Waals surface area contributed by atoms with E-state index in [9.17, 15) is 9.18 Å². The number of nitrogens with one attached hydrogen (secondary N) is 1. The molecule has 5 rings (SSSR count). The van der Waals surface area contributed by atoms with Gasteiger partial charge in [0.2, 0.25) is 11.8 Å². The molecule has 0 atom stereocenters. The van der Waals surface area contributed by atoms with Crippen molar-refractivity contribution in [2.45, 2.75) is 26.2 Å². The first-order valence-electron chi connectivity index (χ1n) is 12.2. The summed E-state index contributed by atoms with van der Waals surface area (Å²) >= 11 is 0. The molecule has 1 aliphatic carbocycles. The van der Waals surface area contributed by atoms with E-state index in [-0.39, 0.29) is 17.4 Å². The van der Waals surface area contributed by atoms with Crippen molar-refractivity contribution in [3.8, 4) is 11.6 Å². The summed E-state index contributed by atoms with van der Waals surface area (Å²) in [6.07, 6.45) is 5.45. The monoisotopic (exact) mass is 488 g/mol. The van der Waals surface area contributed by atoms with Crippen LogP contribution in [0.1, 0.15) is 41.3 Å². The summed E-state index contributed by atoms with van der Waals surface area (Å²) in [5.74, 6) is 0.342. The van der Waals surface area contributed by atoms with Crippen LogP contribution in [0.4, 0.5) is 16.0 Å². The van der Waals surface area contributed by atoms with Crippen LogP contribution in [0.3, 0.4) is 0 Å². The smallest absolute Gasteiger partial charge is 0.230 e. The van der Waals surface area contributed by atoms with E-state index in [0.29, 0.717) is 29.2 Å². The first-order chi connectivity index (χ1) is 17.5. The molecule has 3 aromatic rings. The van der Waals surface area contributed by atoms with Gasteiger partial charge in [-0.2, -0.15) is 4.98 Å². The van der Waals surface area contributed by atoms with Crippen molar-refractivity contribution in [2.24, 2.45) is 0 Å². The van der Waals surface area contributed by atoms with Gasteiger partial charge in [0.15, 0.2) is 17.3 Å². The van der Waals surface area contributed by atoms with Crippen LogP contribution in [0.25, 0.3) is 6.08 Å². The Kier molecular flexibility index (Phi) is 7.34. The van der Waals surface area contributed by atoms with Gasteiger partial charge in [-0.05, 0) is 50.1 Å². The van der Waals surface area contributed by atoms with E-state index < -0.39 is 5.82 Å². The molecule has 2 aromatic carbocycles. The van der Waals surface area contributed by atoms with Crippen molar-refractivity contribution in [1.82, 2.24) is 14.9 Å². The molecule has 2 heterocycles. The molecule has 36 heavy (non-hydrogen) atoms. The molecule has 1 aromatic heterocycles. The summed E-state index contributed by atoms with van der Waals surface area (Å²) in [7, 11) is 0. The van der Waals surface area contributed by atoms with E-state index in [0.717, 1.165) is 56.8 Å². The zero-order chi connectivity index (χ0) is 24.9. The first-order valence-corrected chi connectivity index (χ1v) is 12.2. The maximum Gasteiger partial charge on any atom is 0.230 e. The van der Waals surface area contributed by atoms with E-state index in [1.165, 1.54) is 0 Å². The van der Waals surface area contributed by atoms with Crippen LogP contribution in [-0.4, -0.2) is 53.5 Å². The number of halogens is 1. The summed E-state index contributed by atoms with van der Waals surface area (Å²) in [5.41, 5.74) is 3.97. The largest absolute Gasteiger partial charge is 0.436 e. The lowest BCUT2D eigenvalue weighted by Gasteiger charge is -2.26. The predicted octanol–water partition coefficient (Wildman–Crippen LogP) is 5.41. The third kappa shape index (κ3) is 5.78. The minimum atomic E-state index is -0.391. The molecule has 0 amide bonds. The molecule has 8 heteroatoms. The summed E-state index contributed by atoms with van der Waals surface area (Å²) in [6, 6.07) is 12.4. The van der Waals surface area contributed by atoms with Gasteiger partial charge >= 0.3 is 0 Å². The van der Waals surface area contributed by atoms with Gasteiger partial charge in [0.05, 0.1) is 13.2 Å². The Morgan fingerprint density at radius 1 is 1.19 bits per heavy atom. The van der Waals surface area contributed by atoms with Crippen LogP contribution in [0.5, 0.6) is 11.6 Å². The number of ether oxygens (including phenoxy) is 2. The lowest BCUT2D eigenvalue weighted by Crippen LogP contribution is -2.36. The van der Waals surface area contributed by atoms with Gasteiger partial charge in [-0.15, -0.1) is 0 Å². The molecular formula is C28H29FN4O3. The average Bonchev–Trinajstić information content (AvgIpc) is 3.28. The molecule has 186 valence electrons. The third-order valence-electron chi connectivity index (χ3n) is 6.36. The van der Waals surface area contributed by atoms with Gasteiger partial charge in [0.25, 0.3) is 0 Å². The molecule has 0 unspecified atom stereocenters. The van der Waals surface area contributed by atoms with Crippen LogP contribution < -0.4 is 10.1 Å². The Hall–Kier alpha value is -3.62. The van der Waals surface area contributed by atoms with Gasteiger partial charge in [0.1, 0.15) is 0 Å². The first kappa shape index (κ1) is 24.1. The summed E-state index contributed by atoms with van der Waals surface area (Å²) < 4.78 is 26.0. The standard InChI is InChI=1S/C28H29FN4O3/c1-19-16-20-7-8-25(27(29)23(20)17-19)36-26-9-10-30-28(32-26)31-22-5-2-4-21(18-22)24(34)6-3-11-33-12-14-35-15-13-33/h2,4-5,7-10,17-18H,3,6,11-16H2,1H3,(H,30,31,32). The molecular weight excluding hydrogens is 459 g/mol. The highest BCUT2D eigenvalue weighted by molar-refractivity contribution is 5.97. The van der Waals surface area contributed by atoms with E-state index in [1.54, 1.807) is 24.4 Å². The van der Waals surface area contributed by atoms with E-state index in [4.69, 9.17) is 9.47 Å². The topological polar surface area (TPSA) is 76.6 Å². The predicted molar refractivity (Wildman–Crippen MR) is 136 cm³/mol. The number of hydrogen-bond donors (Lipinski definition) is 1. The normalized spacial score (nSPS) is 15.3. The zero-order valence-corrected chi connectivity index (χ0v) is 20.3. The minimum absolute atomic E-state index is 0.0984. The molecule has 1 saturated heterocycles. The van der Waals surface area contributed by atoms with E-state index >= 15 is 0 Å². The third-order valence-corrected chi connectivity index (χ3v) is 6.36. The average molecular weight is 489 g/mol. The molecule has 1 aliphatic heterocycles. The number of morpholine rings is 1.